The van der Waals surface area contributed by atoms with Gasteiger partial charge < -0.3 is 19.9 Å². The fraction of sp³-hybridized carbons (Fsp3) is 0.364. The summed E-state index contributed by atoms with van der Waals surface area (Å²) in [7, 11) is 3.50. The minimum Gasteiger partial charge on any atom is -0.435 e. The Labute approximate surface area is 175 Å². The maximum absolute atomic E-state index is 12.6. The average molecular weight is 416 g/mol. The highest BCUT2D eigenvalue weighted by atomic mass is 19.3. The van der Waals surface area contributed by atoms with E-state index >= 15 is 0 Å². The molecule has 0 radical (unpaired) electrons. The number of carbonyl (C=O) groups excluding carboxylic acids is 1. The molecule has 3 rings (SSSR count). The largest absolute Gasteiger partial charge is 0.435 e. The highest BCUT2D eigenvalue weighted by molar-refractivity contribution is 5.86. The van der Waals surface area contributed by atoms with Gasteiger partial charge in [0.05, 0.1) is 6.54 Å². The van der Waals surface area contributed by atoms with Crippen molar-refractivity contribution in [2.75, 3.05) is 27.2 Å². The summed E-state index contributed by atoms with van der Waals surface area (Å²) in [6, 6.07) is 14.6. The molecule has 1 aliphatic rings. The average Bonchev–Trinajstić information content (AvgIpc) is 2.74. The zero-order chi connectivity index (χ0) is 21.5. The lowest BCUT2D eigenvalue weighted by molar-refractivity contribution is -0.130. The third kappa shape index (κ3) is 5.68. The van der Waals surface area contributed by atoms with Crippen LogP contribution in [0.4, 0.5) is 8.78 Å². The van der Waals surface area contributed by atoms with Crippen molar-refractivity contribution in [2.45, 2.75) is 26.1 Å². The zero-order valence-electron chi connectivity index (χ0n) is 17.1. The summed E-state index contributed by atoms with van der Waals surface area (Å²) in [4.78, 5) is 20.6. The van der Waals surface area contributed by atoms with Gasteiger partial charge >= 0.3 is 6.61 Å². The first-order chi connectivity index (χ1) is 14.5. The van der Waals surface area contributed by atoms with Gasteiger partial charge in [-0.3, -0.25) is 9.79 Å². The Morgan fingerprint density at radius 3 is 2.57 bits per heavy atom. The van der Waals surface area contributed by atoms with Gasteiger partial charge in [0.2, 0.25) is 5.91 Å². The first-order valence-corrected chi connectivity index (χ1v) is 9.76. The predicted molar refractivity (Wildman–Crippen MR) is 111 cm³/mol. The highest BCUT2D eigenvalue weighted by Crippen LogP contribution is 2.18. The lowest BCUT2D eigenvalue weighted by Gasteiger charge is -2.29. The Balaban J connectivity index is 1.51. The molecule has 0 aliphatic carbocycles. The van der Waals surface area contributed by atoms with Crippen LogP contribution < -0.4 is 10.1 Å². The first kappa shape index (κ1) is 21.5. The van der Waals surface area contributed by atoms with Gasteiger partial charge in [-0.2, -0.15) is 8.78 Å². The number of benzene rings is 2. The first-order valence-electron chi connectivity index (χ1n) is 9.76. The van der Waals surface area contributed by atoms with Crippen molar-refractivity contribution in [1.29, 1.82) is 0 Å². The number of guanidine groups is 1. The van der Waals surface area contributed by atoms with Crippen LogP contribution >= 0.6 is 0 Å². The molecular formula is C22H26F2N4O2. The SMILES string of the molecule is CN=C(NCC(=O)N1CCc2ccccc2C1)N(C)Cc1ccc(OC(F)F)cc1. The van der Waals surface area contributed by atoms with Gasteiger partial charge in [-0.15, -0.1) is 0 Å². The second kappa shape index (κ2) is 10.0. The van der Waals surface area contributed by atoms with Gasteiger partial charge in [0.25, 0.3) is 0 Å². The van der Waals surface area contributed by atoms with Crippen molar-refractivity contribution in [3.8, 4) is 5.75 Å². The molecule has 6 nitrogen and oxygen atoms in total. The third-order valence-corrected chi connectivity index (χ3v) is 5.02. The monoisotopic (exact) mass is 416 g/mol. The van der Waals surface area contributed by atoms with Gasteiger partial charge in [0, 0.05) is 33.7 Å². The van der Waals surface area contributed by atoms with E-state index in [0.717, 1.165) is 12.0 Å². The number of hydrogen-bond donors (Lipinski definition) is 1. The van der Waals surface area contributed by atoms with E-state index in [1.54, 1.807) is 19.2 Å². The number of rotatable bonds is 6. The number of halogens is 2. The Hall–Kier alpha value is -3.16. The summed E-state index contributed by atoms with van der Waals surface area (Å²) < 4.78 is 28.9. The number of aliphatic imine (C=N–C) groups is 1. The van der Waals surface area contributed by atoms with E-state index in [1.165, 1.54) is 23.3 Å². The van der Waals surface area contributed by atoms with Crippen LogP contribution in [0.15, 0.2) is 53.5 Å². The summed E-state index contributed by atoms with van der Waals surface area (Å²) in [5.41, 5.74) is 3.40. The molecule has 0 fully saturated rings. The van der Waals surface area contributed by atoms with Gasteiger partial charge in [-0.05, 0) is 35.2 Å². The molecule has 2 aromatic rings. The zero-order valence-corrected chi connectivity index (χ0v) is 17.1. The quantitative estimate of drug-likeness (QED) is 0.581. The molecule has 0 spiro atoms. The van der Waals surface area contributed by atoms with Crippen molar-refractivity contribution in [3.05, 3.63) is 65.2 Å². The topological polar surface area (TPSA) is 57.2 Å². The highest BCUT2D eigenvalue weighted by Gasteiger charge is 2.20. The minimum atomic E-state index is -2.84. The summed E-state index contributed by atoms with van der Waals surface area (Å²) in [6.07, 6.45) is 0.863. The second-order valence-corrected chi connectivity index (χ2v) is 7.11. The van der Waals surface area contributed by atoms with Gasteiger partial charge in [-0.25, -0.2) is 0 Å². The summed E-state index contributed by atoms with van der Waals surface area (Å²) in [5.74, 6) is 0.717. The second-order valence-electron chi connectivity index (χ2n) is 7.11. The number of alkyl halides is 2. The van der Waals surface area contributed by atoms with Crippen molar-refractivity contribution >= 4 is 11.9 Å². The van der Waals surface area contributed by atoms with Gasteiger partial charge in [0.1, 0.15) is 5.75 Å². The van der Waals surface area contributed by atoms with Crippen molar-refractivity contribution in [3.63, 3.8) is 0 Å². The predicted octanol–water partition coefficient (Wildman–Crippen LogP) is 2.88. The lowest BCUT2D eigenvalue weighted by atomic mass is 10.00. The van der Waals surface area contributed by atoms with Gasteiger partial charge in [-0.1, -0.05) is 36.4 Å². The molecular weight excluding hydrogens is 390 g/mol. The Bertz CT molecular complexity index is 887. The van der Waals surface area contributed by atoms with E-state index in [2.05, 4.69) is 27.2 Å². The third-order valence-electron chi connectivity index (χ3n) is 5.02. The molecule has 0 unspecified atom stereocenters. The Morgan fingerprint density at radius 2 is 1.90 bits per heavy atom. The number of carbonyl (C=O) groups is 1. The summed E-state index contributed by atoms with van der Waals surface area (Å²) in [6.45, 7) is -0.857. The molecule has 30 heavy (non-hydrogen) atoms. The van der Waals surface area contributed by atoms with Crippen LogP contribution in [0.25, 0.3) is 0 Å². The molecule has 1 N–H and O–H groups in total. The maximum Gasteiger partial charge on any atom is 0.387 e. The Kier molecular flexibility index (Phi) is 7.21. The van der Waals surface area contributed by atoms with Crippen LogP contribution in [0, 0.1) is 0 Å². The van der Waals surface area contributed by atoms with E-state index in [4.69, 9.17) is 0 Å². The molecule has 2 aromatic carbocycles. The van der Waals surface area contributed by atoms with Crippen molar-refractivity contribution < 1.29 is 18.3 Å². The molecule has 0 atom stereocenters. The van der Waals surface area contributed by atoms with Crippen LogP contribution in [-0.4, -0.2) is 55.5 Å². The molecule has 1 amide bonds. The lowest BCUT2D eigenvalue weighted by Crippen LogP contribution is -2.46. The Morgan fingerprint density at radius 1 is 1.20 bits per heavy atom. The molecule has 0 saturated heterocycles. The standard InChI is InChI=1S/C22H26F2N4O2/c1-25-22(27(2)14-16-7-9-19(10-8-16)30-21(23)24)26-13-20(29)28-12-11-17-5-3-4-6-18(17)15-28/h3-10,21H,11-15H2,1-2H3,(H,25,26). The summed E-state index contributed by atoms with van der Waals surface area (Å²) in [5, 5.41) is 3.11. The number of nitrogens with zero attached hydrogens (tertiary/aromatic N) is 3. The fourth-order valence-electron chi connectivity index (χ4n) is 3.48. The smallest absolute Gasteiger partial charge is 0.387 e. The van der Waals surface area contributed by atoms with Crippen molar-refractivity contribution in [1.82, 2.24) is 15.1 Å². The van der Waals surface area contributed by atoms with E-state index in [0.29, 0.717) is 25.6 Å². The van der Waals surface area contributed by atoms with Crippen LogP contribution in [0.2, 0.25) is 0 Å². The molecule has 0 aromatic heterocycles. The van der Waals surface area contributed by atoms with Crippen LogP contribution in [-0.2, 0) is 24.3 Å². The van der Waals surface area contributed by atoms with E-state index in [9.17, 15) is 13.6 Å². The molecule has 1 heterocycles. The van der Waals surface area contributed by atoms with Crippen LogP contribution in [0.5, 0.6) is 5.75 Å². The number of nitrogens with one attached hydrogen (secondary N) is 1. The number of amides is 1. The van der Waals surface area contributed by atoms with E-state index in [1.807, 2.05) is 29.0 Å². The van der Waals surface area contributed by atoms with Crippen LogP contribution in [0.3, 0.4) is 0 Å². The minimum absolute atomic E-state index is 0.0209. The number of hydrogen-bond acceptors (Lipinski definition) is 3. The fourth-order valence-corrected chi connectivity index (χ4v) is 3.48. The van der Waals surface area contributed by atoms with E-state index in [-0.39, 0.29) is 18.2 Å². The maximum atomic E-state index is 12.6. The van der Waals surface area contributed by atoms with Crippen molar-refractivity contribution in [2.24, 2.45) is 4.99 Å². The van der Waals surface area contributed by atoms with Gasteiger partial charge in [0.15, 0.2) is 5.96 Å². The number of fused-ring (bicyclic) bond motifs is 1. The van der Waals surface area contributed by atoms with Crippen LogP contribution in [0.1, 0.15) is 16.7 Å². The molecule has 1 aliphatic heterocycles. The summed E-state index contributed by atoms with van der Waals surface area (Å²) >= 11 is 0. The molecule has 8 heteroatoms. The molecule has 0 bridgehead atoms. The molecule has 160 valence electrons. The normalized spacial score (nSPS) is 13.8. The van der Waals surface area contributed by atoms with E-state index < -0.39 is 6.61 Å². The number of ether oxygens (including phenoxy) is 1. The molecule has 0 saturated carbocycles.